The molecule has 1 amide bonds. The lowest BCUT2D eigenvalue weighted by Crippen LogP contribution is -2.52. The lowest BCUT2D eigenvalue weighted by molar-refractivity contribution is -0.115. The molecule has 4 nitrogen and oxygen atoms in total. The Labute approximate surface area is 143 Å². The molecule has 0 saturated heterocycles. The summed E-state index contributed by atoms with van der Waals surface area (Å²) in [5, 5.41) is 23.7. The summed E-state index contributed by atoms with van der Waals surface area (Å²) in [6.45, 7) is 2.32. The fourth-order valence-electron chi connectivity index (χ4n) is 7.43. The Kier molecular flexibility index (Phi) is 2.86. The van der Waals surface area contributed by atoms with Gasteiger partial charge in [0.05, 0.1) is 12.2 Å². The highest BCUT2D eigenvalue weighted by molar-refractivity contribution is 5.95. The Morgan fingerprint density at radius 3 is 2.96 bits per heavy atom. The monoisotopic (exact) mass is 329 g/mol. The molecule has 3 N–H and O–H groups in total. The van der Waals surface area contributed by atoms with Crippen LogP contribution in [0.4, 0.5) is 0 Å². The zero-order chi connectivity index (χ0) is 16.7. The second-order valence-corrected chi connectivity index (χ2v) is 9.34. The maximum absolute atomic E-state index is 11.8. The van der Waals surface area contributed by atoms with Gasteiger partial charge in [-0.05, 0) is 79.1 Å². The van der Waals surface area contributed by atoms with Gasteiger partial charge in [-0.3, -0.25) is 4.79 Å². The van der Waals surface area contributed by atoms with Gasteiger partial charge in [-0.2, -0.15) is 0 Å². The lowest BCUT2D eigenvalue weighted by Gasteiger charge is -2.59. The highest BCUT2D eigenvalue weighted by Crippen LogP contribution is 2.71. The number of nitrogens with one attached hydrogen (secondary N) is 1. The van der Waals surface area contributed by atoms with Gasteiger partial charge in [0.15, 0.2) is 0 Å². The van der Waals surface area contributed by atoms with Gasteiger partial charge in [-0.25, -0.2) is 0 Å². The zero-order valence-electron chi connectivity index (χ0n) is 14.3. The minimum absolute atomic E-state index is 0.0278. The molecule has 3 saturated carbocycles. The molecule has 0 radical (unpaired) electrons. The van der Waals surface area contributed by atoms with Crippen molar-refractivity contribution in [2.24, 2.45) is 28.6 Å². The van der Waals surface area contributed by atoms with Crippen LogP contribution in [0.25, 0.3) is 0 Å². The molecule has 0 aromatic rings. The third-order valence-electron chi connectivity index (χ3n) is 8.39. The quantitative estimate of drug-likeness (QED) is 0.691. The number of carbonyl (C=O) groups excluding carboxylic acids is 1. The van der Waals surface area contributed by atoms with E-state index < -0.39 is 5.60 Å². The number of amides is 1. The van der Waals surface area contributed by atoms with Crippen LogP contribution in [-0.2, 0) is 4.79 Å². The van der Waals surface area contributed by atoms with Gasteiger partial charge in [-0.15, -0.1) is 0 Å². The molecule has 0 aromatic heterocycles. The topological polar surface area (TPSA) is 69.6 Å². The van der Waals surface area contributed by atoms with E-state index >= 15 is 0 Å². The van der Waals surface area contributed by atoms with Crippen LogP contribution in [0, 0.1) is 28.6 Å². The van der Waals surface area contributed by atoms with Crippen molar-refractivity contribution in [2.45, 2.75) is 57.5 Å². The third kappa shape index (κ3) is 1.69. The van der Waals surface area contributed by atoms with Crippen molar-refractivity contribution >= 4 is 5.91 Å². The van der Waals surface area contributed by atoms with Gasteiger partial charge in [0.2, 0.25) is 5.91 Å². The SMILES string of the molecule is C[C@@]12CC=C3NC(=O)C=C3[C@H]1CC[C@@]13C[C@@H](CC[C@@H]12)[C@@](O)(CO)C3. The Balaban J connectivity index is 1.56. The number of hydrogen-bond acceptors (Lipinski definition) is 3. The van der Waals surface area contributed by atoms with Gasteiger partial charge in [0.1, 0.15) is 0 Å². The molecular weight excluding hydrogens is 302 g/mol. The molecule has 5 rings (SSSR count). The molecule has 2 bridgehead atoms. The fourth-order valence-corrected chi connectivity index (χ4v) is 7.43. The van der Waals surface area contributed by atoms with Gasteiger partial charge in [0, 0.05) is 11.8 Å². The van der Waals surface area contributed by atoms with Crippen LogP contribution in [0.3, 0.4) is 0 Å². The largest absolute Gasteiger partial charge is 0.393 e. The van der Waals surface area contributed by atoms with E-state index in [0.717, 1.165) is 50.6 Å². The van der Waals surface area contributed by atoms with Crippen molar-refractivity contribution in [1.29, 1.82) is 0 Å². The van der Waals surface area contributed by atoms with Gasteiger partial charge < -0.3 is 15.5 Å². The summed E-state index contributed by atoms with van der Waals surface area (Å²) in [6.07, 6.45) is 11.3. The molecule has 1 spiro atoms. The fraction of sp³-hybridized carbons (Fsp3) is 0.750. The molecule has 1 aliphatic heterocycles. The summed E-state index contributed by atoms with van der Waals surface area (Å²) in [7, 11) is 0. The smallest absolute Gasteiger partial charge is 0.248 e. The summed E-state index contributed by atoms with van der Waals surface area (Å²) >= 11 is 0. The van der Waals surface area contributed by atoms with Gasteiger partial charge in [0.25, 0.3) is 0 Å². The Hall–Kier alpha value is -1.13. The molecule has 6 atom stereocenters. The Morgan fingerprint density at radius 2 is 2.17 bits per heavy atom. The average molecular weight is 329 g/mol. The van der Waals surface area contributed by atoms with E-state index in [9.17, 15) is 15.0 Å². The van der Waals surface area contributed by atoms with E-state index in [1.54, 1.807) is 0 Å². The normalized spacial score (nSPS) is 52.0. The third-order valence-corrected chi connectivity index (χ3v) is 8.39. The maximum Gasteiger partial charge on any atom is 0.248 e. The first-order valence-corrected chi connectivity index (χ1v) is 9.47. The van der Waals surface area contributed by atoms with Crippen molar-refractivity contribution in [3.63, 3.8) is 0 Å². The second-order valence-electron chi connectivity index (χ2n) is 9.34. The van der Waals surface area contributed by atoms with E-state index in [1.807, 2.05) is 6.08 Å². The van der Waals surface area contributed by atoms with Crippen molar-refractivity contribution in [3.05, 3.63) is 23.4 Å². The van der Waals surface area contributed by atoms with Crippen molar-refractivity contribution < 1.29 is 15.0 Å². The van der Waals surface area contributed by atoms with Crippen molar-refractivity contribution in [3.8, 4) is 0 Å². The number of rotatable bonds is 1. The first kappa shape index (κ1) is 15.2. The number of aliphatic hydroxyl groups excluding tert-OH is 1. The molecule has 4 heteroatoms. The zero-order valence-corrected chi connectivity index (χ0v) is 14.3. The molecule has 5 aliphatic rings. The molecular formula is C20H27NO3. The minimum Gasteiger partial charge on any atom is -0.393 e. The van der Waals surface area contributed by atoms with E-state index in [4.69, 9.17) is 0 Å². The predicted octanol–water partition coefficient (Wildman–Crippen LogP) is 2.28. The van der Waals surface area contributed by atoms with Gasteiger partial charge >= 0.3 is 0 Å². The summed E-state index contributed by atoms with van der Waals surface area (Å²) in [5.41, 5.74) is 1.77. The van der Waals surface area contributed by atoms with Crippen LogP contribution in [-0.4, -0.2) is 28.3 Å². The van der Waals surface area contributed by atoms with Crippen LogP contribution in [0.5, 0.6) is 0 Å². The number of hydrogen-bond donors (Lipinski definition) is 3. The number of fused-ring (bicyclic) bond motifs is 5. The maximum atomic E-state index is 11.8. The van der Waals surface area contributed by atoms with Crippen LogP contribution >= 0.6 is 0 Å². The van der Waals surface area contributed by atoms with Crippen LogP contribution < -0.4 is 5.32 Å². The summed E-state index contributed by atoms with van der Waals surface area (Å²) in [6, 6.07) is 0. The molecule has 0 unspecified atom stereocenters. The average Bonchev–Trinajstić information content (AvgIpc) is 3.02. The molecule has 4 aliphatic carbocycles. The minimum atomic E-state index is -0.863. The molecule has 0 aromatic carbocycles. The molecule has 24 heavy (non-hydrogen) atoms. The van der Waals surface area contributed by atoms with Crippen LogP contribution in [0.15, 0.2) is 23.4 Å². The van der Waals surface area contributed by atoms with Gasteiger partial charge in [-0.1, -0.05) is 13.0 Å². The summed E-state index contributed by atoms with van der Waals surface area (Å²) in [5.74, 6) is 1.32. The lowest BCUT2D eigenvalue weighted by atomic mass is 9.45. The van der Waals surface area contributed by atoms with Crippen molar-refractivity contribution in [1.82, 2.24) is 5.32 Å². The number of allylic oxidation sites excluding steroid dienone is 2. The molecule has 3 fully saturated rings. The molecule has 130 valence electrons. The number of aliphatic hydroxyl groups is 2. The van der Waals surface area contributed by atoms with Crippen molar-refractivity contribution in [2.75, 3.05) is 6.61 Å². The Morgan fingerprint density at radius 1 is 1.33 bits per heavy atom. The highest BCUT2D eigenvalue weighted by atomic mass is 16.3. The van der Waals surface area contributed by atoms with E-state index in [-0.39, 0.29) is 29.3 Å². The first-order chi connectivity index (χ1) is 11.4. The summed E-state index contributed by atoms with van der Waals surface area (Å²) < 4.78 is 0. The Bertz CT molecular complexity index is 682. The highest BCUT2D eigenvalue weighted by Gasteiger charge is 2.65. The van der Waals surface area contributed by atoms with Crippen LogP contribution in [0.2, 0.25) is 0 Å². The van der Waals surface area contributed by atoms with Crippen LogP contribution in [0.1, 0.15) is 51.9 Å². The predicted molar refractivity (Wildman–Crippen MR) is 89.7 cm³/mol. The van der Waals surface area contributed by atoms with E-state index in [0.29, 0.717) is 11.8 Å². The van der Waals surface area contributed by atoms with E-state index in [2.05, 4.69) is 18.3 Å². The molecule has 1 heterocycles. The summed E-state index contributed by atoms with van der Waals surface area (Å²) in [4.78, 5) is 11.8. The van der Waals surface area contributed by atoms with E-state index in [1.165, 1.54) is 5.57 Å². The standard InChI is InChI=1S/C20H27NO3/c1-18-6-5-15-13(8-17(23)21-15)14(18)4-7-19-9-12(2-3-16(18)19)20(24,10-19)11-22/h5,8,12,14,16,22,24H,2-4,6-7,9-11H2,1H3,(H,21,23)/t12-,14-,16-,18-,19+,20+/m1/s1. The first-order valence-electron chi connectivity index (χ1n) is 9.47. The number of carbonyl (C=O) groups is 1. The second kappa shape index (κ2) is 4.53.